The zero-order valence-electron chi connectivity index (χ0n) is 13.4. The fraction of sp³-hybridized carbons (Fsp3) is 0.350. The van der Waals surface area contributed by atoms with Crippen LogP contribution >= 0.6 is 0 Å². The SMILES string of the molecule is O=C1Cc2cc3c(cc2CC(C2CC2)O1)C(c1ccncc1)=NC3. The van der Waals surface area contributed by atoms with Gasteiger partial charge in [0.05, 0.1) is 18.7 Å². The van der Waals surface area contributed by atoms with Gasteiger partial charge in [-0.2, -0.15) is 0 Å². The molecule has 1 saturated carbocycles. The Hall–Kier alpha value is -2.49. The second-order valence-electron chi connectivity index (χ2n) is 6.93. The Labute approximate surface area is 140 Å². The van der Waals surface area contributed by atoms with E-state index in [-0.39, 0.29) is 12.1 Å². The van der Waals surface area contributed by atoms with Crippen molar-refractivity contribution in [2.45, 2.75) is 38.3 Å². The van der Waals surface area contributed by atoms with E-state index in [2.05, 4.69) is 17.1 Å². The van der Waals surface area contributed by atoms with E-state index >= 15 is 0 Å². The van der Waals surface area contributed by atoms with Crippen molar-refractivity contribution in [3.63, 3.8) is 0 Å². The standard InChI is InChI=1S/C20H18N2O2/c23-19-10-14-7-16-11-22-20(13-3-5-21-6-4-13)17(16)8-15(14)9-18(24-19)12-1-2-12/h3-8,12,18H,1-2,9-11H2. The molecule has 1 aromatic heterocycles. The Bertz CT molecular complexity index is 853. The number of pyridine rings is 1. The predicted octanol–water partition coefficient (Wildman–Crippen LogP) is 2.85. The van der Waals surface area contributed by atoms with Crippen LogP contribution in [0.15, 0.2) is 41.7 Å². The molecule has 4 heteroatoms. The Morgan fingerprint density at radius 2 is 1.88 bits per heavy atom. The first-order valence-corrected chi connectivity index (χ1v) is 8.57. The van der Waals surface area contributed by atoms with Crippen LogP contribution in [0.25, 0.3) is 0 Å². The van der Waals surface area contributed by atoms with Gasteiger partial charge in [-0.1, -0.05) is 6.07 Å². The first-order valence-electron chi connectivity index (χ1n) is 8.57. The Morgan fingerprint density at radius 3 is 2.67 bits per heavy atom. The lowest BCUT2D eigenvalue weighted by Crippen LogP contribution is -2.20. The normalized spacial score (nSPS) is 22.2. The number of nitrogens with zero attached hydrogens (tertiary/aromatic N) is 2. The van der Waals surface area contributed by atoms with Gasteiger partial charge in [0, 0.05) is 29.9 Å². The fourth-order valence-electron chi connectivity index (χ4n) is 3.81. The summed E-state index contributed by atoms with van der Waals surface area (Å²) >= 11 is 0. The van der Waals surface area contributed by atoms with Crippen molar-refractivity contribution in [2.24, 2.45) is 10.9 Å². The molecule has 0 N–H and O–H groups in total. The van der Waals surface area contributed by atoms with Gasteiger partial charge in [0.2, 0.25) is 0 Å². The lowest BCUT2D eigenvalue weighted by molar-refractivity contribution is -0.148. The lowest BCUT2D eigenvalue weighted by atomic mass is 9.91. The summed E-state index contributed by atoms with van der Waals surface area (Å²) in [7, 11) is 0. The summed E-state index contributed by atoms with van der Waals surface area (Å²) < 4.78 is 5.68. The third-order valence-corrected chi connectivity index (χ3v) is 5.23. The smallest absolute Gasteiger partial charge is 0.310 e. The molecule has 24 heavy (non-hydrogen) atoms. The van der Waals surface area contributed by atoms with Gasteiger partial charge in [0.1, 0.15) is 6.10 Å². The third-order valence-electron chi connectivity index (χ3n) is 5.23. The van der Waals surface area contributed by atoms with Crippen LogP contribution in [0.5, 0.6) is 0 Å². The number of hydrogen-bond donors (Lipinski definition) is 0. The van der Waals surface area contributed by atoms with Gasteiger partial charge in [-0.05, 0) is 53.6 Å². The van der Waals surface area contributed by atoms with E-state index in [4.69, 9.17) is 9.73 Å². The van der Waals surface area contributed by atoms with Gasteiger partial charge in [-0.15, -0.1) is 0 Å². The van der Waals surface area contributed by atoms with Crippen LogP contribution < -0.4 is 0 Å². The summed E-state index contributed by atoms with van der Waals surface area (Å²) in [5, 5.41) is 0. The molecule has 0 radical (unpaired) electrons. The van der Waals surface area contributed by atoms with Crippen LogP contribution in [0.1, 0.15) is 40.7 Å². The van der Waals surface area contributed by atoms with Crippen molar-refractivity contribution in [3.8, 4) is 0 Å². The van der Waals surface area contributed by atoms with Crippen molar-refractivity contribution in [1.29, 1.82) is 0 Å². The molecule has 2 aliphatic heterocycles. The number of carbonyl (C=O) groups excluding carboxylic acids is 1. The van der Waals surface area contributed by atoms with Gasteiger partial charge >= 0.3 is 5.97 Å². The number of carbonyl (C=O) groups is 1. The third kappa shape index (κ3) is 2.33. The van der Waals surface area contributed by atoms with Crippen LogP contribution in [0.4, 0.5) is 0 Å². The van der Waals surface area contributed by atoms with Crippen LogP contribution in [0, 0.1) is 5.92 Å². The molecule has 1 aliphatic carbocycles. The number of ether oxygens (including phenoxy) is 1. The number of aromatic nitrogens is 1. The molecule has 4 nitrogen and oxygen atoms in total. The Morgan fingerprint density at radius 1 is 1.04 bits per heavy atom. The summed E-state index contributed by atoms with van der Waals surface area (Å²) in [6, 6.07) is 8.41. The van der Waals surface area contributed by atoms with Gasteiger partial charge in [-0.3, -0.25) is 14.8 Å². The average Bonchev–Trinajstić information content (AvgIpc) is 3.37. The molecule has 0 bridgehead atoms. The summed E-state index contributed by atoms with van der Waals surface area (Å²) in [4.78, 5) is 20.9. The molecule has 120 valence electrons. The van der Waals surface area contributed by atoms with Crippen molar-refractivity contribution < 1.29 is 9.53 Å². The molecule has 3 aliphatic rings. The number of esters is 1. The van der Waals surface area contributed by atoms with E-state index in [1.54, 1.807) is 12.4 Å². The molecule has 1 unspecified atom stereocenters. The minimum absolute atomic E-state index is 0.0551. The van der Waals surface area contributed by atoms with Crippen molar-refractivity contribution in [1.82, 2.24) is 4.98 Å². The topological polar surface area (TPSA) is 51.5 Å². The van der Waals surface area contributed by atoms with Crippen molar-refractivity contribution in [2.75, 3.05) is 0 Å². The maximum absolute atomic E-state index is 12.1. The quantitative estimate of drug-likeness (QED) is 0.800. The van der Waals surface area contributed by atoms with Crippen LogP contribution in [-0.4, -0.2) is 22.8 Å². The largest absolute Gasteiger partial charge is 0.461 e. The van der Waals surface area contributed by atoms with E-state index in [9.17, 15) is 4.79 Å². The van der Waals surface area contributed by atoms with Crippen LogP contribution in [-0.2, 0) is 28.9 Å². The Balaban J connectivity index is 1.56. The minimum Gasteiger partial charge on any atom is -0.461 e. The molecule has 1 fully saturated rings. The molecular formula is C20H18N2O2. The van der Waals surface area contributed by atoms with Gasteiger partial charge in [-0.25, -0.2) is 0 Å². The highest BCUT2D eigenvalue weighted by Gasteiger charge is 2.36. The van der Waals surface area contributed by atoms with E-state index in [1.165, 1.54) is 29.5 Å². The summed E-state index contributed by atoms with van der Waals surface area (Å²) in [6.45, 7) is 0.682. The zero-order valence-corrected chi connectivity index (χ0v) is 13.4. The Kier molecular flexibility index (Phi) is 3.05. The first kappa shape index (κ1) is 13.9. The number of rotatable bonds is 2. The molecule has 3 heterocycles. The van der Waals surface area contributed by atoms with Gasteiger partial charge in [0.15, 0.2) is 0 Å². The summed E-state index contributed by atoms with van der Waals surface area (Å²) in [6.07, 6.45) is 7.24. The fourth-order valence-corrected chi connectivity index (χ4v) is 3.81. The molecule has 1 aromatic carbocycles. The highest BCUT2D eigenvalue weighted by atomic mass is 16.5. The van der Waals surface area contributed by atoms with E-state index in [0.29, 0.717) is 18.9 Å². The predicted molar refractivity (Wildman–Crippen MR) is 90.0 cm³/mol. The van der Waals surface area contributed by atoms with Crippen LogP contribution in [0.2, 0.25) is 0 Å². The zero-order chi connectivity index (χ0) is 16.1. The van der Waals surface area contributed by atoms with Gasteiger partial charge in [0.25, 0.3) is 0 Å². The van der Waals surface area contributed by atoms with E-state index in [0.717, 1.165) is 23.3 Å². The van der Waals surface area contributed by atoms with E-state index < -0.39 is 0 Å². The summed E-state index contributed by atoms with van der Waals surface area (Å²) in [5.41, 5.74) is 6.91. The number of hydrogen-bond acceptors (Lipinski definition) is 4. The second-order valence-corrected chi connectivity index (χ2v) is 6.93. The summed E-state index contributed by atoms with van der Waals surface area (Å²) in [5.74, 6) is 0.473. The number of aliphatic imine (C=N–C) groups is 1. The molecule has 0 amide bonds. The highest BCUT2D eigenvalue weighted by molar-refractivity contribution is 6.15. The van der Waals surface area contributed by atoms with Crippen LogP contribution in [0.3, 0.4) is 0 Å². The molecule has 1 atom stereocenters. The lowest BCUT2D eigenvalue weighted by Gasteiger charge is -2.15. The highest BCUT2D eigenvalue weighted by Crippen LogP contribution is 2.38. The number of cyclic esters (lactones) is 1. The van der Waals surface area contributed by atoms with Crippen molar-refractivity contribution >= 4 is 11.7 Å². The average molecular weight is 318 g/mol. The first-order chi connectivity index (χ1) is 11.8. The van der Waals surface area contributed by atoms with Gasteiger partial charge < -0.3 is 4.74 Å². The van der Waals surface area contributed by atoms with Crippen molar-refractivity contribution in [3.05, 3.63) is 64.5 Å². The molecule has 2 aromatic rings. The van der Waals surface area contributed by atoms with E-state index in [1.807, 2.05) is 12.1 Å². The number of benzene rings is 1. The number of fused-ring (bicyclic) bond motifs is 2. The molecule has 5 rings (SSSR count). The maximum atomic E-state index is 12.1. The monoisotopic (exact) mass is 318 g/mol. The maximum Gasteiger partial charge on any atom is 0.310 e. The minimum atomic E-state index is -0.0844. The second kappa shape index (κ2) is 5.26. The molecule has 0 saturated heterocycles. The molecular weight excluding hydrogens is 300 g/mol. The molecule has 0 spiro atoms.